The molecule has 4 nitrogen and oxygen atoms in total. The molecule has 0 atom stereocenters. The first kappa shape index (κ1) is 17.9. The molecule has 0 unspecified atom stereocenters. The quantitative estimate of drug-likeness (QED) is 0.745. The normalized spacial score (nSPS) is 11.4. The Morgan fingerprint density at radius 2 is 1.81 bits per heavy atom. The molecular formula is C21H22FN3O. The lowest BCUT2D eigenvalue weighted by molar-refractivity contribution is 0.102. The van der Waals surface area contributed by atoms with Gasteiger partial charge < -0.3 is 5.32 Å². The van der Waals surface area contributed by atoms with Crippen LogP contribution in [0.15, 0.2) is 60.7 Å². The molecule has 26 heavy (non-hydrogen) atoms. The lowest BCUT2D eigenvalue weighted by Gasteiger charge is -2.14. The highest BCUT2D eigenvalue weighted by Crippen LogP contribution is 2.25. The van der Waals surface area contributed by atoms with E-state index in [4.69, 9.17) is 0 Å². The second-order valence-corrected chi connectivity index (χ2v) is 7.27. The molecule has 3 rings (SSSR count). The Balaban J connectivity index is 1.91. The molecule has 3 aromatic rings. The molecule has 0 saturated carbocycles. The summed E-state index contributed by atoms with van der Waals surface area (Å²) in [6.45, 7) is 6.75. The number of anilines is 1. The van der Waals surface area contributed by atoms with Gasteiger partial charge in [0.05, 0.1) is 12.2 Å². The molecular weight excluding hydrogens is 329 g/mol. The van der Waals surface area contributed by atoms with Crippen molar-refractivity contribution in [2.75, 3.05) is 5.32 Å². The van der Waals surface area contributed by atoms with Gasteiger partial charge in [0.15, 0.2) is 0 Å². The number of carbonyl (C=O) groups is 1. The first-order valence-corrected chi connectivity index (χ1v) is 8.52. The molecule has 0 aliphatic rings. The molecule has 0 spiro atoms. The van der Waals surface area contributed by atoms with Crippen LogP contribution >= 0.6 is 0 Å². The van der Waals surface area contributed by atoms with E-state index >= 15 is 0 Å². The van der Waals surface area contributed by atoms with Crippen molar-refractivity contribution < 1.29 is 9.18 Å². The SMILES string of the molecule is CC(C)(C)c1cc(NC(=O)c2cccc(F)c2)n(Cc2ccccc2)n1. The topological polar surface area (TPSA) is 46.9 Å². The third-order valence-corrected chi connectivity index (χ3v) is 4.05. The molecule has 0 fully saturated rings. The Morgan fingerprint density at radius 1 is 1.08 bits per heavy atom. The van der Waals surface area contributed by atoms with E-state index < -0.39 is 5.82 Å². The number of benzene rings is 2. The van der Waals surface area contributed by atoms with Crippen LogP contribution in [0, 0.1) is 5.82 Å². The van der Waals surface area contributed by atoms with Crippen LogP contribution in [0.5, 0.6) is 0 Å². The fourth-order valence-electron chi connectivity index (χ4n) is 2.58. The van der Waals surface area contributed by atoms with Gasteiger partial charge >= 0.3 is 0 Å². The highest BCUT2D eigenvalue weighted by atomic mass is 19.1. The maximum atomic E-state index is 13.4. The summed E-state index contributed by atoms with van der Waals surface area (Å²) in [5.41, 5.74) is 2.08. The molecule has 0 aliphatic carbocycles. The van der Waals surface area contributed by atoms with Crippen molar-refractivity contribution in [3.63, 3.8) is 0 Å². The van der Waals surface area contributed by atoms with Crippen LogP contribution in [0.1, 0.15) is 42.4 Å². The summed E-state index contributed by atoms with van der Waals surface area (Å²) >= 11 is 0. The van der Waals surface area contributed by atoms with Crippen LogP contribution in [-0.4, -0.2) is 15.7 Å². The summed E-state index contributed by atoms with van der Waals surface area (Å²) in [5, 5.41) is 7.53. The fourth-order valence-corrected chi connectivity index (χ4v) is 2.58. The van der Waals surface area contributed by atoms with Gasteiger partial charge in [-0.2, -0.15) is 5.10 Å². The molecule has 1 amide bonds. The van der Waals surface area contributed by atoms with Crippen molar-refractivity contribution in [2.24, 2.45) is 0 Å². The van der Waals surface area contributed by atoms with Gasteiger partial charge in [-0.05, 0) is 23.8 Å². The van der Waals surface area contributed by atoms with Crippen molar-refractivity contribution in [1.29, 1.82) is 0 Å². The molecule has 0 radical (unpaired) electrons. The van der Waals surface area contributed by atoms with Crippen LogP contribution < -0.4 is 5.32 Å². The van der Waals surface area contributed by atoms with Crippen LogP contribution in [0.4, 0.5) is 10.2 Å². The number of halogens is 1. The predicted molar refractivity (Wildman–Crippen MR) is 101 cm³/mol. The maximum absolute atomic E-state index is 13.4. The monoisotopic (exact) mass is 351 g/mol. The molecule has 1 aromatic heterocycles. The van der Waals surface area contributed by atoms with Crippen molar-refractivity contribution in [3.8, 4) is 0 Å². The number of nitrogens with one attached hydrogen (secondary N) is 1. The number of amides is 1. The van der Waals surface area contributed by atoms with Crippen molar-refractivity contribution >= 4 is 11.7 Å². The van der Waals surface area contributed by atoms with Gasteiger partial charge in [0, 0.05) is 17.0 Å². The number of aromatic nitrogens is 2. The Labute approximate surface area is 152 Å². The zero-order chi connectivity index (χ0) is 18.7. The second kappa shape index (κ2) is 7.12. The van der Waals surface area contributed by atoms with Crippen LogP contribution in [0.2, 0.25) is 0 Å². The highest BCUT2D eigenvalue weighted by molar-refractivity contribution is 6.03. The van der Waals surface area contributed by atoms with E-state index in [1.807, 2.05) is 36.4 Å². The Morgan fingerprint density at radius 3 is 2.46 bits per heavy atom. The lowest BCUT2D eigenvalue weighted by atomic mass is 9.92. The van der Waals surface area contributed by atoms with Gasteiger partial charge in [0.1, 0.15) is 11.6 Å². The minimum absolute atomic E-state index is 0.153. The Bertz CT molecular complexity index is 911. The minimum Gasteiger partial charge on any atom is -0.307 e. The summed E-state index contributed by atoms with van der Waals surface area (Å²) in [6.07, 6.45) is 0. The largest absolute Gasteiger partial charge is 0.307 e. The molecule has 1 heterocycles. The Kier molecular flexibility index (Phi) is 4.89. The van der Waals surface area contributed by atoms with Gasteiger partial charge in [-0.1, -0.05) is 57.2 Å². The standard InChI is InChI=1S/C21H22FN3O/c1-21(2,3)18-13-19(23-20(26)16-10-7-11-17(22)12-16)25(24-18)14-15-8-5-4-6-9-15/h4-13H,14H2,1-3H3,(H,23,26). The maximum Gasteiger partial charge on any atom is 0.256 e. The van der Waals surface area contributed by atoms with E-state index in [1.165, 1.54) is 18.2 Å². The van der Waals surface area contributed by atoms with Gasteiger partial charge in [-0.3, -0.25) is 4.79 Å². The number of nitrogens with zero attached hydrogens (tertiary/aromatic N) is 2. The second-order valence-electron chi connectivity index (χ2n) is 7.27. The number of carbonyl (C=O) groups excluding carboxylic acids is 1. The fraction of sp³-hybridized carbons (Fsp3) is 0.238. The van der Waals surface area contributed by atoms with E-state index in [9.17, 15) is 9.18 Å². The van der Waals surface area contributed by atoms with Crippen molar-refractivity contribution in [1.82, 2.24) is 9.78 Å². The predicted octanol–water partition coefficient (Wildman–Crippen LogP) is 4.62. The van der Waals surface area contributed by atoms with E-state index in [1.54, 1.807) is 10.7 Å². The third-order valence-electron chi connectivity index (χ3n) is 4.05. The molecule has 134 valence electrons. The molecule has 5 heteroatoms. The number of hydrogen-bond acceptors (Lipinski definition) is 2. The average Bonchev–Trinajstić information content (AvgIpc) is 2.99. The van der Waals surface area contributed by atoms with E-state index in [2.05, 4.69) is 31.2 Å². The molecule has 0 bridgehead atoms. The zero-order valence-electron chi connectivity index (χ0n) is 15.2. The van der Waals surface area contributed by atoms with Crippen molar-refractivity contribution in [2.45, 2.75) is 32.7 Å². The van der Waals surface area contributed by atoms with E-state index in [0.29, 0.717) is 12.4 Å². The Hall–Kier alpha value is -2.95. The summed E-state index contributed by atoms with van der Waals surface area (Å²) in [5.74, 6) is -0.210. The van der Waals surface area contributed by atoms with Crippen LogP contribution in [0.3, 0.4) is 0 Å². The number of hydrogen-bond donors (Lipinski definition) is 1. The summed E-state index contributed by atoms with van der Waals surface area (Å²) in [6, 6.07) is 17.4. The summed E-state index contributed by atoms with van der Waals surface area (Å²) < 4.78 is 15.2. The highest BCUT2D eigenvalue weighted by Gasteiger charge is 2.21. The zero-order valence-corrected chi connectivity index (χ0v) is 15.2. The van der Waals surface area contributed by atoms with Gasteiger partial charge in [-0.25, -0.2) is 9.07 Å². The van der Waals surface area contributed by atoms with E-state index in [0.717, 1.165) is 11.3 Å². The lowest BCUT2D eigenvalue weighted by Crippen LogP contribution is -2.16. The molecule has 0 aliphatic heterocycles. The minimum atomic E-state index is -0.439. The molecule has 2 aromatic carbocycles. The summed E-state index contributed by atoms with van der Waals surface area (Å²) in [4.78, 5) is 12.5. The van der Waals surface area contributed by atoms with E-state index in [-0.39, 0.29) is 16.9 Å². The first-order valence-electron chi connectivity index (χ1n) is 8.52. The van der Waals surface area contributed by atoms with Gasteiger partial charge in [0.2, 0.25) is 0 Å². The molecule has 1 N–H and O–H groups in total. The van der Waals surface area contributed by atoms with Gasteiger partial charge in [-0.15, -0.1) is 0 Å². The van der Waals surface area contributed by atoms with Gasteiger partial charge in [0.25, 0.3) is 5.91 Å². The first-order chi connectivity index (χ1) is 12.3. The number of rotatable bonds is 4. The van der Waals surface area contributed by atoms with Crippen LogP contribution in [0.25, 0.3) is 0 Å². The van der Waals surface area contributed by atoms with Crippen LogP contribution in [-0.2, 0) is 12.0 Å². The third kappa shape index (κ3) is 4.17. The average molecular weight is 351 g/mol. The summed E-state index contributed by atoms with van der Waals surface area (Å²) in [7, 11) is 0. The smallest absolute Gasteiger partial charge is 0.256 e. The molecule has 0 saturated heterocycles. The van der Waals surface area contributed by atoms with Crippen molar-refractivity contribution in [3.05, 3.63) is 83.3 Å².